The van der Waals surface area contributed by atoms with E-state index in [9.17, 15) is 4.79 Å². The maximum absolute atomic E-state index is 10.9. The fourth-order valence-electron chi connectivity index (χ4n) is 0.897. The number of carbonyl (C=O) groups is 1. The molecule has 0 amide bonds. The molecular weight excluding hydrogens is 183 g/mol. The van der Waals surface area contributed by atoms with Gasteiger partial charge in [-0.1, -0.05) is 29.7 Å². The summed E-state index contributed by atoms with van der Waals surface area (Å²) in [5.74, 6) is 0.192. The van der Waals surface area contributed by atoms with E-state index in [1.807, 2.05) is 13.8 Å². The SMILES string of the molecule is CC.CC(=O)C(CCCCN)NP. The first kappa shape index (κ1) is 15.5. The van der Waals surface area contributed by atoms with E-state index < -0.39 is 0 Å². The highest BCUT2D eigenvalue weighted by molar-refractivity contribution is 7.13. The molecule has 0 bridgehead atoms. The lowest BCUT2D eigenvalue weighted by molar-refractivity contribution is -0.118. The highest BCUT2D eigenvalue weighted by Gasteiger charge is 2.09. The van der Waals surface area contributed by atoms with Crippen molar-refractivity contribution < 1.29 is 4.79 Å². The molecule has 0 rings (SSSR count). The second-order valence-corrected chi connectivity index (χ2v) is 2.95. The minimum absolute atomic E-state index is 0.00782. The quantitative estimate of drug-likeness (QED) is 0.511. The molecule has 0 spiro atoms. The zero-order valence-electron chi connectivity index (χ0n) is 8.97. The third-order valence-electron chi connectivity index (χ3n) is 1.64. The molecule has 0 aromatic rings. The molecule has 0 aliphatic carbocycles. The first-order valence-electron chi connectivity index (χ1n) is 4.89. The van der Waals surface area contributed by atoms with Crippen molar-refractivity contribution in [3.05, 3.63) is 0 Å². The van der Waals surface area contributed by atoms with E-state index in [2.05, 4.69) is 14.5 Å². The number of nitrogens with two attached hydrogens (primary N) is 1. The maximum Gasteiger partial charge on any atom is 0.146 e. The van der Waals surface area contributed by atoms with E-state index in [1.165, 1.54) is 0 Å². The van der Waals surface area contributed by atoms with Gasteiger partial charge >= 0.3 is 0 Å². The lowest BCUT2D eigenvalue weighted by atomic mass is 10.1. The normalized spacial score (nSPS) is 11.5. The van der Waals surface area contributed by atoms with Crippen LogP contribution in [0, 0.1) is 0 Å². The summed E-state index contributed by atoms with van der Waals surface area (Å²) < 4.78 is 0. The lowest BCUT2D eigenvalue weighted by Gasteiger charge is -2.10. The van der Waals surface area contributed by atoms with Crippen molar-refractivity contribution in [2.24, 2.45) is 5.73 Å². The molecule has 0 aliphatic heterocycles. The monoisotopic (exact) mass is 206 g/mol. The molecule has 2 unspecified atom stereocenters. The van der Waals surface area contributed by atoms with Crippen LogP contribution in [-0.2, 0) is 4.79 Å². The van der Waals surface area contributed by atoms with Crippen molar-refractivity contribution in [1.29, 1.82) is 0 Å². The van der Waals surface area contributed by atoms with Gasteiger partial charge in [0.2, 0.25) is 0 Å². The molecule has 0 heterocycles. The van der Waals surface area contributed by atoms with Gasteiger partial charge in [-0.05, 0) is 26.3 Å². The molecule has 4 heteroatoms. The van der Waals surface area contributed by atoms with Gasteiger partial charge in [0.25, 0.3) is 0 Å². The number of rotatable bonds is 6. The Bertz CT molecular complexity index is 120. The minimum atomic E-state index is -0.00782. The van der Waals surface area contributed by atoms with Crippen molar-refractivity contribution in [1.82, 2.24) is 5.09 Å². The van der Waals surface area contributed by atoms with Gasteiger partial charge in [-0.2, -0.15) is 0 Å². The Hall–Kier alpha value is 0.0200. The van der Waals surface area contributed by atoms with Crippen LogP contribution in [0.4, 0.5) is 0 Å². The zero-order chi connectivity index (χ0) is 10.7. The van der Waals surface area contributed by atoms with Crippen LogP contribution in [-0.4, -0.2) is 18.4 Å². The summed E-state index contributed by atoms with van der Waals surface area (Å²) in [6.07, 6.45) is 2.90. The second kappa shape index (κ2) is 12.0. The maximum atomic E-state index is 10.9. The zero-order valence-corrected chi connectivity index (χ0v) is 10.1. The summed E-state index contributed by atoms with van der Waals surface area (Å²) in [6.45, 7) is 6.31. The van der Waals surface area contributed by atoms with Gasteiger partial charge < -0.3 is 5.73 Å². The molecule has 0 aromatic carbocycles. The van der Waals surface area contributed by atoms with Crippen LogP contribution in [0.25, 0.3) is 0 Å². The molecular formula is C9H23N2OP. The smallest absolute Gasteiger partial charge is 0.146 e. The summed E-state index contributed by atoms with van der Waals surface area (Å²) in [7, 11) is 2.37. The van der Waals surface area contributed by atoms with Crippen LogP contribution in [0.15, 0.2) is 0 Å². The summed E-state index contributed by atoms with van der Waals surface area (Å²) in [6, 6.07) is -0.00782. The van der Waals surface area contributed by atoms with Gasteiger partial charge in [-0.15, -0.1) is 0 Å². The van der Waals surface area contributed by atoms with Gasteiger partial charge in [0.15, 0.2) is 0 Å². The average Bonchev–Trinajstić information content (AvgIpc) is 2.15. The van der Waals surface area contributed by atoms with Crippen LogP contribution in [0.2, 0.25) is 0 Å². The molecule has 80 valence electrons. The van der Waals surface area contributed by atoms with Gasteiger partial charge in [0.05, 0.1) is 6.04 Å². The highest BCUT2D eigenvalue weighted by atomic mass is 31.0. The molecule has 0 saturated heterocycles. The van der Waals surface area contributed by atoms with Crippen LogP contribution in [0.3, 0.4) is 0 Å². The van der Waals surface area contributed by atoms with Gasteiger partial charge in [-0.25, -0.2) is 0 Å². The third kappa shape index (κ3) is 9.94. The molecule has 0 saturated carbocycles. The van der Waals surface area contributed by atoms with Gasteiger partial charge in [0.1, 0.15) is 5.78 Å². The number of unbranched alkanes of at least 4 members (excludes halogenated alkanes) is 1. The lowest BCUT2D eigenvalue weighted by Crippen LogP contribution is -2.28. The Morgan fingerprint density at radius 1 is 1.46 bits per heavy atom. The van der Waals surface area contributed by atoms with E-state index in [-0.39, 0.29) is 11.8 Å². The number of nitrogens with one attached hydrogen (secondary N) is 1. The number of ketones is 1. The van der Waals surface area contributed by atoms with E-state index >= 15 is 0 Å². The van der Waals surface area contributed by atoms with Crippen molar-refractivity contribution in [2.45, 2.75) is 46.1 Å². The van der Waals surface area contributed by atoms with Crippen molar-refractivity contribution in [3.8, 4) is 0 Å². The minimum Gasteiger partial charge on any atom is -0.330 e. The summed E-state index contributed by atoms with van der Waals surface area (Å²) in [4.78, 5) is 10.9. The van der Waals surface area contributed by atoms with Crippen LogP contribution >= 0.6 is 9.39 Å². The van der Waals surface area contributed by atoms with Gasteiger partial charge in [0, 0.05) is 0 Å². The molecule has 3 N–H and O–H groups in total. The molecule has 13 heavy (non-hydrogen) atoms. The summed E-state index contributed by atoms with van der Waals surface area (Å²) in [5.41, 5.74) is 5.32. The highest BCUT2D eigenvalue weighted by Crippen LogP contribution is 2.02. The predicted molar refractivity (Wildman–Crippen MR) is 61.6 cm³/mol. The predicted octanol–water partition coefficient (Wildman–Crippen LogP) is 1.48. The molecule has 0 aliphatic rings. The Labute approximate surface area is 84.1 Å². The topological polar surface area (TPSA) is 55.1 Å². The average molecular weight is 206 g/mol. The summed E-state index contributed by atoms with van der Waals surface area (Å²) in [5, 5.41) is 2.89. The van der Waals surface area contributed by atoms with Crippen LogP contribution in [0.1, 0.15) is 40.0 Å². The molecule has 2 atom stereocenters. The fourth-order valence-corrected chi connectivity index (χ4v) is 1.30. The van der Waals surface area contributed by atoms with E-state index in [0.29, 0.717) is 6.54 Å². The van der Waals surface area contributed by atoms with Crippen LogP contribution in [0.5, 0.6) is 0 Å². The number of hydrogen-bond donors (Lipinski definition) is 2. The van der Waals surface area contributed by atoms with E-state index in [1.54, 1.807) is 6.92 Å². The molecule has 3 nitrogen and oxygen atoms in total. The molecule has 0 aromatic heterocycles. The van der Waals surface area contributed by atoms with E-state index in [4.69, 9.17) is 5.73 Å². The standard InChI is InChI=1S/C7H17N2OP.C2H6/c1-6(10)7(9-11)4-2-3-5-8;1-2/h7,9H,2-5,8,11H2,1H3;1-2H3. The number of carbonyl (C=O) groups excluding carboxylic acids is 1. The Morgan fingerprint density at radius 2 is 2.00 bits per heavy atom. The Balaban J connectivity index is 0. The largest absolute Gasteiger partial charge is 0.330 e. The number of hydrogen-bond acceptors (Lipinski definition) is 3. The number of Topliss-reactive ketones (excluding diaryl/α,β-unsaturated/α-hetero) is 1. The summed E-state index contributed by atoms with van der Waals surface area (Å²) >= 11 is 0. The van der Waals surface area contributed by atoms with E-state index in [0.717, 1.165) is 19.3 Å². The van der Waals surface area contributed by atoms with Gasteiger partial charge in [-0.3, -0.25) is 9.88 Å². The first-order chi connectivity index (χ1) is 6.22. The Morgan fingerprint density at radius 3 is 2.31 bits per heavy atom. The second-order valence-electron chi connectivity index (χ2n) is 2.61. The van der Waals surface area contributed by atoms with Crippen molar-refractivity contribution >= 4 is 15.2 Å². The van der Waals surface area contributed by atoms with Crippen molar-refractivity contribution in [2.75, 3.05) is 6.54 Å². The Kier molecular flexibility index (Phi) is 14.3. The van der Waals surface area contributed by atoms with Crippen molar-refractivity contribution in [3.63, 3.8) is 0 Å². The van der Waals surface area contributed by atoms with Crippen LogP contribution < -0.4 is 10.8 Å². The first-order valence-corrected chi connectivity index (χ1v) is 5.46. The third-order valence-corrected chi connectivity index (χ3v) is 2.04. The molecule has 0 fully saturated rings. The fraction of sp³-hybridized carbons (Fsp3) is 0.889. The molecule has 0 radical (unpaired) electrons.